The van der Waals surface area contributed by atoms with Gasteiger partial charge in [0.15, 0.2) is 0 Å². The number of aromatic amines is 1. The number of amides is 1. The maximum absolute atomic E-state index is 12.2. The lowest BCUT2D eigenvalue weighted by Gasteiger charge is -2.07. The molecule has 25 heavy (non-hydrogen) atoms. The van der Waals surface area contributed by atoms with Gasteiger partial charge in [-0.1, -0.05) is 36.4 Å². The first kappa shape index (κ1) is 15.1. The van der Waals surface area contributed by atoms with Gasteiger partial charge in [0.1, 0.15) is 5.82 Å². The van der Waals surface area contributed by atoms with Crippen molar-refractivity contribution < 1.29 is 4.79 Å². The molecule has 0 fully saturated rings. The Morgan fingerprint density at radius 1 is 1.00 bits per heavy atom. The Hall–Kier alpha value is -3.47. The van der Waals surface area contributed by atoms with Crippen LogP contribution < -0.4 is 5.32 Å². The molecule has 3 aromatic heterocycles. The Labute approximate surface area is 144 Å². The number of carbonyl (C=O) groups excluding carboxylic acids is 1. The molecule has 0 bridgehead atoms. The number of nitrogens with one attached hydrogen (secondary N) is 2. The van der Waals surface area contributed by atoms with Crippen LogP contribution in [0.1, 0.15) is 5.56 Å². The summed E-state index contributed by atoms with van der Waals surface area (Å²) in [4.78, 5) is 24.3. The quantitative estimate of drug-likeness (QED) is 0.598. The summed E-state index contributed by atoms with van der Waals surface area (Å²) in [7, 11) is 0. The number of rotatable bonds is 4. The number of anilines is 1. The van der Waals surface area contributed by atoms with Crippen LogP contribution in [0.4, 0.5) is 5.82 Å². The lowest BCUT2D eigenvalue weighted by molar-refractivity contribution is -0.115. The molecular weight excluding hydrogens is 312 g/mol. The summed E-state index contributed by atoms with van der Waals surface area (Å²) in [6, 6.07) is 19.1. The van der Waals surface area contributed by atoms with Crippen molar-refractivity contribution in [2.24, 2.45) is 0 Å². The molecule has 0 aliphatic heterocycles. The number of aromatic nitrogens is 3. The molecule has 0 unspecified atom stereocenters. The highest BCUT2D eigenvalue weighted by molar-refractivity contribution is 5.91. The van der Waals surface area contributed by atoms with Crippen LogP contribution in [0.15, 0.2) is 73.1 Å². The summed E-state index contributed by atoms with van der Waals surface area (Å²) in [5, 5.41) is 3.92. The van der Waals surface area contributed by atoms with E-state index in [9.17, 15) is 4.79 Å². The van der Waals surface area contributed by atoms with Crippen LogP contribution in [0.25, 0.3) is 22.3 Å². The maximum Gasteiger partial charge on any atom is 0.229 e. The second-order valence-corrected chi connectivity index (χ2v) is 5.75. The average Bonchev–Trinajstić information content (AvgIpc) is 3.10. The van der Waals surface area contributed by atoms with Crippen molar-refractivity contribution in [3.8, 4) is 11.4 Å². The first-order chi connectivity index (χ1) is 12.3. The van der Waals surface area contributed by atoms with E-state index in [1.54, 1.807) is 12.3 Å². The van der Waals surface area contributed by atoms with Crippen LogP contribution >= 0.6 is 0 Å². The maximum atomic E-state index is 12.2. The van der Waals surface area contributed by atoms with Gasteiger partial charge in [0, 0.05) is 11.6 Å². The zero-order valence-corrected chi connectivity index (χ0v) is 13.4. The molecule has 0 aliphatic rings. The van der Waals surface area contributed by atoms with E-state index >= 15 is 0 Å². The molecule has 0 atom stereocenters. The molecule has 0 aliphatic carbocycles. The minimum atomic E-state index is -0.0927. The number of fused-ring (bicyclic) bond motifs is 1. The van der Waals surface area contributed by atoms with Crippen LogP contribution in [0.5, 0.6) is 0 Å². The van der Waals surface area contributed by atoms with Crippen LogP contribution in [0.3, 0.4) is 0 Å². The normalized spacial score (nSPS) is 10.7. The van der Waals surface area contributed by atoms with Gasteiger partial charge in [-0.25, -0.2) is 4.98 Å². The van der Waals surface area contributed by atoms with Crippen molar-refractivity contribution in [1.29, 1.82) is 0 Å². The molecule has 0 saturated carbocycles. The van der Waals surface area contributed by atoms with E-state index in [1.807, 2.05) is 60.8 Å². The predicted molar refractivity (Wildman–Crippen MR) is 98.1 cm³/mol. The van der Waals surface area contributed by atoms with Crippen LogP contribution in [-0.4, -0.2) is 20.9 Å². The Morgan fingerprint density at radius 2 is 1.88 bits per heavy atom. The van der Waals surface area contributed by atoms with Gasteiger partial charge in [0.2, 0.25) is 5.91 Å². The smallest absolute Gasteiger partial charge is 0.229 e. The fourth-order valence-electron chi connectivity index (χ4n) is 2.71. The molecule has 3 heterocycles. The number of pyridine rings is 2. The average molecular weight is 328 g/mol. The fraction of sp³-hybridized carbons (Fsp3) is 0.0500. The van der Waals surface area contributed by atoms with Crippen molar-refractivity contribution in [3.63, 3.8) is 0 Å². The van der Waals surface area contributed by atoms with Gasteiger partial charge in [-0.15, -0.1) is 0 Å². The zero-order chi connectivity index (χ0) is 17.1. The molecular formula is C20H16N4O. The van der Waals surface area contributed by atoms with Gasteiger partial charge in [-0.3, -0.25) is 9.78 Å². The molecule has 4 rings (SSSR count). The molecule has 122 valence electrons. The number of H-pyrrole nitrogens is 1. The number of carbonyl (C=O) groups is 1. The highest BCUT2D eigenvalue weighted by Crippen LogP contribution is 2.21. The first-order valence-corrected chi connectivity index (χ1v) is 8.02. The van der Waals surface area contributed by atoms with Crippen molar-refractivity contribution in [1.82, 2.24) is 15.0 Å². The second kappa shape index (κ2) is 6.57. The number of nitrogens with zero attached hydrogens (tertiary/aromatic N) is 2. The summed E-state index contributed by atoms with van der Waals surface area (Å²) in [6.45, 7) is 0. The number of hydrogen-bond acceptors (Lipinski definition) is 3. The molecule has 5 heteroatoms. The predicted octanol–water partition coefficient (Wildman–Crippen LogP) is 3.81. The van der Waals surface area contributed by atoms with Crippen LogP contribution in [-0.2, 0) is 11.2 Å². The topological polar surface area (TPSA) is 70.7 Å². The van der Waals surface area contributed by atoms with Gasteiger partial charge in [-0.05, 0) is 29.8 Å². The van der Waals surface area contributed by atoms with E-state index in [2.05, 4.69) is 20.3 Å². The van der Waals surface area contributed by atoms with E-state index in [0.717, 1.165) is 27.9 Å². The molecule has 0 saturated heterocycles. The molecule has 0 spiro atoms. The summed E-state index contributed by atoms with van der Waals surface area (Å²) < 4.78 is 0. The van der Waals surface area contributed by atoms with Crippen molar-refractivity contribution in [2.45, 2.75) is 6.42 Å². The third-order valence-corrected chi connectivity index (χ3v) is 3.92. The fourth-order valence-corrected chi connectivity index (χ4v) is 2.71. The third-order valence-electron chi connectivity index (χ3n) is 3.92. The second-order valence-electron chi connectivity index (χ2n) is 5.75. The minimum absolute atomic E-state index is 0.0927. The summed E-state index contributed by atoms with van der Waals surface area (Å²) in [5.74, 6) is 0.430. The Bertz CT molecular complexity index is 1020. The minimum Gasteiger partial charge on any atom is -0.360 e. The number of hydrogen-bond donors (Lipinski definition) is 2. The standard InChI is InChI=1S/C20H16N4O/c25-20(11-14-5-2-1-3-6-14)24-19-8-4-7-16(23-19)17-12-15-9-10-21-18(15)13-22-17/h1-10,12-13,21H,11H2,(H,23,24,25). The highest BCUT2D eigenvalue weighted by atomic mass is 16.1. The van der Waals surface area contributed by atoms with Crippen LogP contribution in [0, 0.1) is 0 Å². The molecule has 1 amide bonds. The third kappa shape index (κ3) is 3.40. The van der Waals surface area contributed by atoms with Crippen molar-refractivity contribution >= 4 is 22.6 Å². The van der Waals surface area contributed by atoms with E-state index in [4.69, 9.17) is 0 Å². The van der Waals surface area contributed by atoms with E-state index in [0.29, 0.717) is 12.2 Å². The van der Waals surface area contributed by atoms with Crippen LogP contribution in [0.2, 0.25) is 0 Å². The van der Waals surface area contributed by atoms with Gasteiger partial charge in [0.05, 0.1) is 29.5 Å². The van der Waals surface area contributed by atoms with Crippen molar-refractivity contribution in [2.75, 3.05) is 5.32 Å². The van der Waals surface area contributed by atoms with Gasteiger partial charge in [-0.2, -0.15) is 0 Å². The van der Waals surface area contributed by atoms with Gasteiger partial charge < -0.3 is 10.3 Å². The Morgan fingerprint density at radius 3 is 2.76 bits per heavy atom. The first-order valence-electron chi connectivity index (χ1n) is 8.02. The van der Waals surface area contributed by atoms with Gasteiger partial charge in [0.25, 0.3) is 0 Å². The molecule has 4 aromatic rings. The van der Waals surface area contributed by atoms with E-state index in [1.165, 1.54) is 0 Å². The largest absolute Gasteiger partial charge is 0.360 e. The summed E-state index contributed by atoms with van der Waals surface area (Å²) in [6.07, 6.45) is 3.98. The van der Waals surface area contributed by atoms with E-state index < -0.39 is 0 Å². The molecule has 0 radical (unpaired) electrons. The van der Waals surface area contributed by atoms with Gasteiger partial charge >= 0.3 is 0 Å². The summed E-state index contributed by atoms with van der Waals surface area (Å²) >= 11 is 0. The SMILES string of the molecule is O=C(Cc1ccccc1)Nc1cccc(-c2cc3cc[nH]c3cn2)n1. The molecule has 1 aromatic carbocycles. The summed E-state index contributed by atoms with van der Waals surface area (Å²) in [5.41, 5.74) is 3.44. The lowest BCUT2D eigenvalue weighted by Crippen LogP contribution is -2.15. The Kier molecular flexibility index (Phi) is 3.96. The zero-order valence-electron chi connectivity index (χ0n) is 13.4. The Balaban J connectivity index is 1.53. The lowest BCUT2D eigenvalue weighted by atomic mass is 10.1. The molecule has 5 nitrogen and oxygen atoms in total. The molecule has 2 N–H and O–H groups in total. The highest BCUT2D eigenvalue weighted by Gasteiger charge is 2.08. The monoisotopic (exact) mass is 328 g/mol. The van der Waals surface area contributed by atoms with E-state index in [-0.39, 0.29) is 5.91 Å². The number of benzene rings is 1. The van der Waals surface area contributed by atoms with Crippen molar-refractivity contribution in [3.05, 3.63) is 78.6 Å².